The van der Waals surface area contributed by atoms with Gasteiger partial charge in [0.25, 0.3) is 11.5 Å². The van der Waals surface area contributed by atoms with E-state index in [-0.39, 0.29) is 28.8 Å². The van der Waals surface area contributed by atoms with Crippen molar-refractivity contribution >= 4 is 17.4 Å². The van der Waals surface area contributed by atoms with Gasteiger partial charge in [0.05, 0.1) is 13.1 Å². The van der Waals surface area contributed by atoms with Crippen molar-refractivity contribution in [2.75, 3.05) is 13.1 Å². The number of rotatable bonds is 13. The molecule has 12 heteroatoms. The van der Waals surface area contributed by atoms with Crippen LogP contribution in [0, 0.1) is 10.4 Å². The van der Waals surface area contributed by atoms with Crippen molar-refractivity contribution in [3.8, 4) is 22.5 Å². The largest absolute Gasteiger partial charge is 0.632 e. The van der Waals surface area contributed by atoms with Crippen LogP contribution in [0.2, 0.25) is 5.15 Å². The number of hydrogen-bond acceptors (Lipinski definition) is 7. The van der Waals surface area contributed by atoms with Crippen LogP contribution >= 0.6 is 11.6 Å². The topological polar surface area (TPSA) is 139 Å². The smallest absolute Gasteiger partial charge is 0.277 e. The van der Waals surface area contributed by atoms with Gasteiger partial charge in [0.15, 0.2) is 11.7 Å². The van der Waals surface area contributed by atoms with Crippen molar-refractivity contribution in [3.05, 3.63) is 111 Å². The molecule has 5 aromatic rings. The fourth-order valence-corrected chi connectivity index (χ4v) is 5.53. The highest BCUT2D eigenvalue weighted by Gasteiger charge is 2.30. The minimum Gasteiger partial charge on any atom is -0.632 e. The molecule has 0 aliphatic heterocycles. The molecule has 0 fully saturated rings. The number of aryl methyl sites for hydroxylation is 1. The molecule has 2 aromatic carbocycles. The molecule has 44 heavy (non-hydrogen) atoms. The molecule has 0 saturated carbocycles. The maximum atomic E-state index is 14.0. The van der Waals surface area contributed by atoms with Crippen molar-refractivity contribution in [1.29, 1.82) is 0 Å². The molecule has 0 spiro atoms. The average Bonchev–Trinajstić information content (AvgIpc) is 3.69. The van der Waals surface area contributed by atoms with E-state index < -0.39 is 10.4 Å². The number of imidazole rings is 1. The second-order valence-corrected chi connectivity index (χ2v) is 11.1. The molecule has 11 nitrogen and oxygen atoms in total. The molecule has 1 N–H and O–H groups in total. The molecule has 0 bridgehead atoms. The second-order valence-electron chi connectivity index (χ2n) is 10.7. The molecule has 0 radical (unpaired) electrons. The Morgan fingerprint density at radius 1 is 1.00 bits per heavy atom. The number of aromatic amines is 1. The van der Waals surface area contributed by atoms with Crippen molar-refractivity contribution < 1.29 is 14.2 Å². The lowest BCUT2D eigenvalue weighted by molar-refractivity contribution is -0.898. The highest BCUT2D eigenvalue weighted by molar-refractivity contribution is 6.33. The lowest BCUT2D eigenvalue weighted by Gasteiger charge is -2.39. The molecule has 0 unspecified atom stereocenters. The number of halogens is 1. The summed E-state index contributed by atoms with van der Waals surface area (Å²) >= 11 is 6.62. The Morgan fingerprint density at radius 2 is 1.73 bits per heavy atom. The summed E-state index contributed by atoms with van der Waals surface area (Å²) in [6.07, 6.45) is 2.43. The molecule has 0 aliphatic rings. The quantitative estimate of drug-likeness (QED) is 0.0608. The number of hydrogen-bond donors (Lipinski definition) is 1. The van der Waals surface area contributed by atoms with Crippen LogP contribution in [0.3, 0.4) is 0 Å². The summed E-state index contributed by atoms with van der Waals surface area (Å²) in [5, 5.41) is 40.9. The first kappa shape index (κ1) is 31.0. The molecule has 0 atom stereocenters. The summed E-state index contributed by atoms with van der Waals surface area (Å²) in [6.45, 7) is 6.59. The minimum atomic E-state index is -0.560. The molecule has 5 rings (SSSR count). The van der Waals surface area contributed by atoms with Crippen molar-refractivity contribution in [2.24, 2.45) is 0 Å². The van der Waals surface area contributed by atoms with Gasteiger partial charge >= 0.3 is 0 Å². The molecular formula is C32H35ClN8O3. The van der Waals surface area contributed by atoms with Crippen LogP contribution < -0.4 is 4.73 Å². The van der Waals surface area contributed by atoms with E-state index in [9.17, 15) is 15.2 Å². The molecular weight excluding hydrogens is 580 g/mol. The summed E-state index contributed by atoms with van der Waals surface area (Å²) in [4.78, 5) is 18.5. The Kier molecular flexibility index (Phi) is 9.48. The monoisotopic (exact) mass is 614 g/mol. The van der Waals surface area contributed by atoms with Crippen LogP contribution in [0.1, 0.15) is 66.9 Å². The Hall–Kier alpha value is -4.45. The minimum absolute atomic E-state index is 0.0332. The van der Waals surface area contributed by atoms with Gasteiger partial charge < -0.3 is 19.6 Å². The third kappa shape index (κ3) is 6.40. The maximum absolute atomic E-state index is 14.0. The number of benzene rings is 2. The third-order valence-corrected chi connectivity index (χ3v) is 8.21. The number of aromatic nitrogens is 7. The van der Waals surface area contributed by atoms with Gasteiger partial charge in [-0.1, -0.05) is 73.5 Å². The first-order valence-corrected chi connectivity index (χ1v) is 15.2. The van der Waals surface area contributed by atoms with Crippen LogP contribution in [0.15, 0.2) is 66.7 Å². The molecule has 228 valence electrons. The highest BCUT2D eigenvalue weighted by atomic mass is 35.5. The zero-order chi connectivity index (χ0) is 31.3. The van der Waals surface area contributed by atoms with E-state index >= 15 is 0 Å². The van der Waals surface area contributed by atoms with E-state index in [0.29, 0.717) is 42.4 Å². The predicted octanol–water partition coefficient (Wildman–Crippen LogP) is 5.49. The first-order chi connectivity index (χ1) is 21.3. The number of carbonyl (C=O) groups is 1. The van der Waals surface area contributed by atoms with E-state index in [2.05, 4.69) is 32.5 Å². The van der Waals surface area contributed by atoms with E-state index in [4.69, 9.17) is 11.6 Å². The number of nitrogens with zero attached hydrogens (tertiary/aromatic N) is 7. The molecule has 0 aliphatic carbocycles. The summed E-state index contributed by atoms with van der Waals surface area (Å²) in [7, 11) is 0. The zero-order valence-electron chi connectivity index (χ0n) is 25.0. The van der Waals surface area contributed by atoms with Gasteiger partial charge in [-0.3, -0.25) is 4.79 Å². The highest BCUT2D eigenvalue weighted by Crippen LogP contribution is 2.30. The SMILES string of the molecule is CCCCc1nc(Cl)c(C(=O)c2cccc(C[N+]([O-])(CC)CC)[n+]2[O-])n1Cc1ccc(-c2ccccc2-c2nn[nH]n2)cc1. The Morgan fingerprint density at radius 3 is 2.39 bits per heavy atom. The van der Waals surface area contributed by atoms with Crippen LogP contribution in [-0.2, 0) is 19.5 Å². The fourth-order valence-electron chi connectivity index (χ4n) is 5.25. The van der Waals surface area contributed by atoms with Gasteiger partial charge in [-0.2, -0.15) is 9.94 Å². The molecule has 0 saturated heterocycles. The normalized spacial score (nSPS) is 11.7. The Balaban J connectivity index is 1.49. The number of carbonyl (C=O) groups excluding carboxylic acids is 1. The van der Waals surface area contributed by atoms with Gasteiger partial charge in [0.2, 0.25) is 11.5 Å². The second kappa shape index (κ2) is 13.5. The number of unbranched alkanes of at least 4 members (excludes halogenated alkanes) is 1. The van der Waals surface area contributed by atoms with Crippen LogP contribution in [0.5, 0.6) is 0 Å². The first-order valence-electron chi connectivity index (χ1n) is 14.8. The van der Waals surface area contributed by atoms with E-state index in [1.807, 2.05) is 48.5 Å². The number of H-pyrrole nitrogens is 1. The van der Waals surface area contributed by atoms with Gasteiger partial charge in [-0.15, -0.1) is 10.2 Å². The van der Waals surface area contributed by atoms with Crippen LogP contribution in [-0.4, -0.2) is 53.7 Å². The number of quaternary nitrogens is 1. The number of pyridine rings is 1. The number of hydroxylamine groups is 3. The van der Waals surface area contributed by atoms with Crippen molar-refractivity contribution in [1.82, 2.24) is 30.2 Å². The Labute approximate surface area is 260 Å². The number of ketones is 1. The van der Waals surface area contributed by atoms with E-state index in [0.717, 1.165) is 35.1 Å². The molecule has 3 aromatic heterocycles. The number of nitrogens with one attached hydrogen (secondary N) is 1. The molecule has 3 heterocycles. The van der Waals surface area contributed by atoms with Gasteiger partial charge in [0.1, 0.15) is 11.5 Å². The average molecular weight is 615 g/mol. The Bertz CT molecular complexity index is 1730. The van der Waals surface area contributed by atoms with Gasteiger partial charge in [-0.25, -0.2) is 4.98 Å². The third-order valence-electron chi connectivity index (χ3n) is 7.95. The zero-order valence-corrected chi connectivity index (χ0v) is 25.8. The summed E-state index contributed by atoms with van der Waals surface area (Å²) < 4.78 is 1.81. The van der Waals surface area contributed by atoms with Gasteiger partial charge in [-0.05, 0) is 48.2 Å². The van der Waals surface area contributed by atoms with E-state index in [1.165, 1.54) is 6.07 Å². The van der Waals surface area contributed by atoms with Crippen molar-refractivity contribution in [2.45, 2.75) is 53.1 Å². The standard InChI is InChI=1S/C32H35ClN8O3/c1-4-7-15-28-34-31(33)29(30(42)27-14-10-11-24(40(27)43)21-41(44,5-2)6-3)39(28)20-22-16-18-23(19-17-22)25-12-8-9-13-26(25)32-35-37-38-36-32/h8-14,16-19H,4-7,15,20-21H2,1-3H3,(H,35,36,37,38). The summed E-state index contributed by atoms with van der Waals surface area (Å²) in [5.74, 6) is 0.641. The number of tetrazole rings is 1. The summed E-state index contributed by atoms with van der Waals surface area (Å²) in [6, 6.07) is 20.5. The molecule has 0 amide bonds. The lowest BCUT2D eigenvalue weighted by atomic mass is 9.98. The van der Waals surface area contributed by atoms with Gasteiger partial charge in [0, 0.05) is 30.7 Å². The summed E-state index contributed by atoms with van der Waals surface area (Å²) in [5.41, 5.74) is 3.99. The van der Waals surface area contributed by atoms with E-state index in [1.54, 1.807) is 30.5 Å². The predicted molar refractivity (Wildman–Crippen MR) is 167 cm³/mol. The lowest BCUT2D eigenvalue weighted by Crippen LogP contribution is -2.47. The van der Waals surface area contributed by atoms with Crippen molar-refractivity contribution in [3.63, 3.8) is 0 Å². The van der Waals surface area contributed by atoms with Crippen LogP contribution in [0.25, 0.3) is 22.5 Å². The maximum Gasteiger partial charge on any atom is 0.277 e. The van der Waals surface area contributed by atoms with Crippen LogP contribution in [0.4, 0.5) is 0 Å². The fraction of sp³-hybridized carbons (Fsp3) is 0.312.